The van der Waals surface area contributed by atoms with Crippen LogP contribution in [0, 0.1) is 6.92 Å². The zero-order valence-corrected chi connectivity index (χ0v) is 17.9. The van der Waals surface area contributed by atoms with Gasteiger partial charge in [0, 0.05) is 39.6 Å². The van der Waals surface area contributed by atoms with Gasteiger partial charge in [0.15, 0.2) is 5.82 Å². The zero-order chi connectivity index (χ0) is 22.2. The minimum atomic E-state index is 0.636. The number of hydrogen-bond acceptors (Lipinski definition) is 5. The highest BCUT2D eigenvalue weighted by Gasteiger charge is 2.10. The summed E-state index contributed by atoms with van der Waals surface area (Å²) < 4.78 is 0. The summed E-state index contributed by atoms with van der Waals surface area (Å²) in [5.41, 5.74) is 6.01. The minimum absolute atomic E-state index is 0.636. The smallest absolute Gasteiger partial charge is 0.163 e. The SMILES string of the molecule is Cc1cc2ccc(-c3nc(Nc4ccccc4)cc(Nc4ccc5[nH]ncc5c4)n3)cc2[nH]1. The standard InChI is InChI=1S/C26H21N7/c1-16-11-17-7-8-18(13-23(17)28-16)26-31-24(29-20-5-3-2-4-6-20)14-25(32-26)30-21-9-10-22-19(12-21)15-27-33-22/h2-15,28H,1H3,(H,27,33)(H2,29,30,31,32). The van der Waals surface area contributed by atoms with Crippen molar-refractivity contribution in [2.75, 3.05) is 10.6 Å². The highest BCUT2D eigenvalue weighted by molar-refractivity contribution is 5.85. The van der Waals surface area contributed by atoms with Gasteiger partial charge in [0.25, 0.3) is 0 Å². The molecule has 3 heterocycles. The molecule has 0 bridgehead atoms. The molecule has 0 fully saturated rings. The van der Waals surface area contributed by atoms with Crippen molar-refractivity contribution < 1.29 is 0 Å². The Hall–Kier alpha value is -4.65. The number of aromatic nitrogens is 5. The summed E-state index contributed by atoms with van der Waals surface area (Å²) >= 11 is 0. The molecule has 0 saturated heterocycles. The number of fused-ring (bicyclic) bond motifs is 2. The molecule has 0 aliphatic carbocycles. The Morgan fingerprint density at radius 2 is 1.52 bits per heavy atom. The minimum Gasteiger partial charge on any atom is -0.359 e. The van der Waals surface area contributed by atoms with Gasteiger partial charge in [-0.05, 0) is 54.8 Å². The van der Waals surface area contributed by atoms with Crippen LogP contribution in [0.2, 0.25) is 0 Å². The number of anilines is 4. The number of rotatable bonds is 5. The lowest BCUT2D eigenvalue weighted by Gasteiger charge is -2.12. The molecular formula is C26H21N7. The first kappa shape index (κ1) is 19.1. The molecule has 0 amide bonds. The lowest BCUT2D eigenvalue weighted by atomic mass is 10.1. The number of aromatic amines is 2. The summed E-state index contributed by atoms with van der Waals surface area (Å²) in [4.78, 5) is 13.0. The molecule has 6 rings (SSSR count). The van der Waals surface area contributed by atoms with Crippen molar-refractivity contribution in [1.29, 1.82) is 0 Å². The van der Waals surface area contributed by atoms with Crippen LogP contribution in [0.15, 0.2) is 85.1 Å². The summed E-state index contributed by atoms with van der Waals surface area (Å²) in [7, 11) is 0. The van der Waals surface area contributed by atoms with E-state index in [9.17, 15) is 0 Å². The Morgan fingerprint density at radius 1 is 0.697 bits per heavy atom. The number of nitrogens with zero attached hydrogens (tertiary/aromatic N) is 3. The average molecular weight is 432 g/mol. The Morgan fingerprint density at radius 3 is 2.36 bits per heavy atom. The number of hydrogen-bond donors (Lipinski definition) is 4. The molecule has 7 heteroatoms. The predicted molar refractivity (Wildman–Crippen MR) is 133 cm³/mol. The van der Waals surface area contributed by atoms with E-state index in [1.807, 2.05) is 60.8 Å². The van der Waals surface area contributed by atoms with Crippen molar-refractivity contribution in [1.82, 2.24) is 25.1 Å². The fraction of sp³-hybridized carbons (Fsp3) is 0.0385. The van der Waals surface area contributed by atoms with Gasteiger partial charge in [0.2, 0.25) is 0 Å². The van der Waals surface area contributed by atoms with Crippen LogP contribution in [0.1, 0.15) is 5.69 Å². The lowest BCUT2D eigenvalue weighted by Crippen LogP contribution is -2.01. The van der Waals surface area contributed by atoms with Gasteiger partial charge >= 0.3 is 0 Å². The van der Waals surface area contributed by atoms with Crippen LogP contribution in [0.5, 0.6) is 0 Å². The van der Waals surface area contributed by atoms with E-state index < -0.39 is 0 Å². The maximum Gasteiger partial charge on any atom is 0.163 e. The number of aryl methyl sites for hydroxylation is 1. The van der Waals surface area contributed by atoms with E-state index in [1.54, 1.807) is 0 Å². The third-order valence-corrected chi connectivity index (χ3v) is 5.50. The molecule has 4 N–H and O–H groups in total. The van der Waals surface area contributed by atoms with Crippen LogP contribution in [0.25, 0.3) is 33.2 Å². The molecule has 3 aromatic heterocycles. The maximum absolute atomic E-state index is 4.82. The number of H-pyrrole nitrogens is 2. The maximum atomic E-state index is 4.82. The van der Waals surface area contributed by atoms with Crippen LogP contribution >= 0.6 is 0 Å². The van der Waals surface area contributed by atoms with E-state index in [1.165, 1.54) is 5.39 Å². The van der Waals surface area contributed by atoms with Gasteiger partial charge in [0.1, 0.15) is 11.6 Å². The number of para-hydroxylation sites is 1. The first-order valence-corrected chi connectivity index (χ1v) is 10.7. The fourth-order valence-corrected chi connectivity index (χ4v) is 3.95. The molecule has 0 spiro atoms. The summed E-state index contributed by atoms with van der Waals surface area (Å²) in [5, 5.41) is 16.1. The Labute approximate surface area is 189 Å². The normalized spacial score (nSPS) is 11.2. The van der Waals surface area contributed by atoms with Crippen LogP contribution in [-0.2, 0) is 0 Å². The molecule has 0 saturated carbocycles. The largest absolute Gasteiger partial charge is 0.359 e. The molecule has 160 valence electrons. The molecule has 0 unspecified atom stereocenters. The molecule has 0 radical (unpaired) electrons. The summed E-state index contributed by atoms with van der Waals surface area (Å²) in [6.45, 7) is 2.06. The second kappa shape index (κ2) is 7.80. The highest BCUT2D eigenvalue weighted by Crippen LogP contribution is 2.28. The van der Waals surface area contributed by atoms with E-state index >= 15 is 0 Å². The van der Waals surface area contributed by atoms with Crippen molar-refractivity contribution in [2.24, 2.45) is 0 Å². The van der Waals surface area contributed by atoms with Crippen molar-refractivity contribution in [2.45, 2.75) is 6.92 Å². The van der Waals surface area contributed by atoms with Gasteiger partial charge in [-0.25, -0.2) is 9.97 Å². The van der Waals surface area contributed by atoms with Gasteiger partial charge in [-0.1, -0.05) is 30.3 Å². The summed E-state index contributed by atoms with van der Waals surface area (Å²) in [5.74, 6) is 2.04. The predicted octanol–water partition coefficient (Wildman–Crippen LogP) is 6.30. The lowest BCUT2D eigenvalue weighted by molar-refractivity contribution is 1.12. The van der Waals surface area contributed by atoms with Crippen molar-refractivity contribution in [3.63, 3.8) is 0 Å². The zero-order valence-electron chi connectivity index (χ0n) is 17.9. The van der Waals surface area contributed by atoms with Gasteiger partial charge in [-0.2, -0.15) is 5.10 Å². The first-order valence-electron chi connectivity index (χ1n) is 10.7. The Kier molecular flexibility index (Phi) is 4.51. The van der Waals surface area contributed by atoms with E-state index in [-0.39, 0.29) is 0 Å². The van der Waals surface area contributed by atoms with E-state index in [4.69, 9.17) is 9.97 Å². The van der Waals surface area contributed by atoms with Gasteiger partial charge in [-0.15, -0.1) is 0 Å². The highest BCUT2D eigenvalue weighted by atomic mass is 15.1. The van der Waals surface area contributed by atoms with Crippen LogP contribution in [0.3, 0.4) is 0 Å². The van der Waals surface area contributed by atoms with Gasteiger partial charge in [0.05, 0.1) is 11.7 Å². The van der Waals surface area contributed by atoms with E-state index in [0.717, 1.165) is 39.1 Å². The molecule has 3 aromatic carbocycles. The summed E-state index contributed by atoms with van der Waals surface area (Å²) in [6.07, 6.45) is 1.81. The quantitative estimate of drug-likeness (QED) is 0.257. The molecule has 7 nitrogen and oxygen atoms in total. The van der Waals surface area contributed by atoms with E-state index in [0.29, 0.717) is 17.5 Å². The molecule has 33 heavy (non-hydrogen) atoms. The van der Waals surface area contributed by atoms with Crippen molar-refractivity contribution >= 4 is 44.8 Å². The second-order valence-corrected chi connectivity index (χ2v) is 8.00. The summed E-state index contributed by atoms with van der Waals surface area (Å²) in [6, 6.07) is 26.3. The topological polar surface area (TPSA) is 94.3 Å². The van der Waals surface area contributed by atoms with E-state index in [2.05, 4.69) is 57.0 Å². The average Bonchev–Trinajstić information content (AvgIpc) is 3.44. The molecule has 0 aliphatic rings. The van der Waals surface area contributed by atoms with Crippen LogP contribution in [0.4, 0.5) is 23.0 Å². The Balaban J connectivity index is 1.42. The second-order valence-electron chi connectivity index (χ2n) is 8.00. The van der Waals surface area contributed by atoms with Crippen LogP contribution < -0.4 is 10.6 Å². The third-order valence-electron chi connectivity index (χ3n) is 5.50. The van der Waals surface area contributed by atoms with Crippen molar-refractivity contribution in [3.05, 3.63) is 90.8 Å². The Bertz CT molecular complexity index is 1580. The number of benzene rings is 3. The molecule has 0 atom stereocenters. The van der Waals surface area contributed by atoms with Gasteiger partial charge < -0.3 is 15.6 Å². The van der Waals surface area contributed by atoms with Crippen molar-refractivity contribution in [3.8, 4) is 11.4 Å². The van der Waals surface area contributed by atoms with Crippen LogP contribution in [-0.4, -0.2) is 25.1 Å². The first-order chi connectivity index (χ1) is 16.2. The monoisotopic (exact) mass is 431 g/mol. The fourth-order valence-electron chi connectivity index (χ4n) is 3.95. The third kappa shape index (κ3) is 3.87. The number of nitrogens with one attached hydrogen (secondary N) is 4. The molecular weight excluding hydrogens is 410 g/mol. The molecule has 0 aliphatic heterocycles. The molecule has 6 aromatic rings. The van der Waals surface area contributed by atoms with Gasteiger partial charge in [-0.3, -0.25) is 5.10 Å².